The first-order chi connectivity index (χ1) is 5.65. The summed E-state index contributed by atoms with van der Waals surface area (Å²) in [7, 11) is 2.06. The van der Waals surface area contributed by atoms with Gasteiger partial charge in [0.1, 0.15) is 0 Å². The molecule has 0 unspecified atom stereocenters. The SMILES string of the molecule is CN[C@@H]1C[C@H](C(C)C)CC=C1C. The number of hydrogen-bond acceptors (Lipinski definition) is 1. The van der Waals surface area contributed by atoms with Gasteiger partial charge in [-0.1, -0.05) is 25.5 Å². The molecule has 1 heteroatoms. The lowest BCUT2D eigenvalue weighted by atomic mass is 9.80. The van der Waals surface area contributed by atoms with E-state index >= 15 is 0 Å². The molecule has 0 saturated heterocycles. The monoisotopic (exact) mass is 167 g/mol. The first kappa shape index (κ1) is 9.79. The van der Waals surface area contributed by atoms with Crippen molar-refractivity contribution in [3.05, 3.63) is 11.6 Å². The number of allylic oxidation sites excluding steroid dienone is 1. The first-order valence-electron chi connectivity index (χ1n) is 4.99. The molecule has 0 heterocycles. The topological polar surface area (TPSA) is 12.0 Å². The molecular formula is C11H21N. The van der Waals surface area contributed by atoms with E-state index in [1.165, 1.54) is 18.4 Å². The van der Waals surface area contributed by atoms with Crippen molar-refractivity contribution >= 4 is 0 Å². The third kappa shape index (κ3) is 2.10. The van der Waals surface area contributed by atoms with Gasteiger partial charge in [-0.05, 0) is 38.6 Å². The molecule has 0 aliphatic heterocycles. The Kier molecular flexibility index (Phi) is 3.33. The van der Waals surface area contributed by atoms with Crippen LogP contribution in [0.1, 0.15) is 33.6 Å². The van der Waals surface area contributed by atoms with Crippen molar-refractivity contribution in [2.24, 2.45) is 11.8 Å². The summed E-state index contributed by atoms with van der Waals surface area (Å²) in [4.78, 5) is 0. The highest BCUT2D eigenvalue weighted by Gasteiger charge is 2.22. The van der Waals surface area contributed by atoms with E-state index in [1.807, 2.05) is 0 Å². The Morgan fingerprint density at radius 3 is 2.67 bits per heavy atom. The fourth-order valence-electron chi connectivity index (χ4n) is 1.95. The third-order valence-corrected chi connectivity index (χ3v) is 3.12. The van der Waals surface area contributed by atoms with Crippen LogP contribution in [0.4, 0.5) is 0 Å². The molecule has 1 N–H and O–H groups in total. The fraction of sp³-hybridized carbons (Fsp3) is 0.818. The zero-order chi connectivity index (χ0) is 9.14. The number of rotatable bonds is 2. The van der Waals surface area contributed by atoms with Crippen molar-refractivity contribution in [1.82, 2.24) is 5.32 Å². The molecule has 0 amide bonds. The summed E-state index contributed by atoms with van der Waals surface area (Å²) in [6, 6.07) is 0.631. The van der Waals surface area contributed by atoms with Crippen molar-refractivity contribution in [3.63, 3.8) is 0 Å². The second kappa shape index (κ2) is 4.08. The molecule has 0 fully saturated rings. The summed E-state index contributed by atoms with van der Waals surface area (Å²) in [5.74, 6) is 1.70. The van der Waals surface area contributed by atoms with Gasteiger partial charge in [0.25, 0.3) is 0 Å². The van der Waals surface area contributed by atoms with Gasteiger partial charge in [-0.15, -0.1) is 0 Å². The van der Waals surface area contributed by atoms with Gasteiger partial charge in [-0.3, -0.25) is 0 Å². The maximum Gasteiger partial charge on any atom is 0.0276 e. The molecule has 0 bridgehead atoms. The van der Waals surface area contributed by atoms with Crippen LogP contribution < -0.4 is 5.32 Å². The molecular weight excluding hydrogens is 146 g/mol. The van der Waals surface area contributed by atoms with Gasteiger partial charge < -0.3 is 5.32 Å². The molecule has 2 atom stereocenters. The van der Waals surface area contributed by atoms with Crippen molar-refractivity contribution in [2.45, 2.75) is 39.7 Å². The molecule has 0 aromatic heterocycles. The molecule has 1 aliphatic rings. The molecule has 1 rings (SSSR count). The van der Waals surface area contributed by atoms with E-state index in [1.54, 1.807) is 0 Å². The Morgan fingerprint density at radius 1 is 1.50 bits per heavy atom. The van der Waals surface area contributed by atoms with Crippen LogP contribution in [0.2, 0.25) is 0 Å². The predicted molar refractivity (Wildman–Crippen MR) is 54.2 cm³/mol. The minimum absolute atomic E-state index is 0.631. The second-order valence-corrected chi connectivity index (χ2v) is 4.26. The van der Waals surface area contributed by atoms with Crippen LogP contribution in [-0.4, -0.2) is 13.1 Å². The highest BCUT2D eigenvalue weighted by molar-refractivity contribution is 5.12. The van der Waals surface area contributed by atoms with E-state index in [0.29, 0.717) is 6.04 Å². The Hall–Kier alpha value is -0.300. The quantitative estimate of drug-likeness (QED) is 0.623. The number of likely N-dealkylation sites (N-methyl/N-ethyl adjacent to an activating group) is 1. The third-order valence-electron chi connectivity index (χ3n) is 3.12. The Bertz CT molecular complexity index is 170. The van der Waals surface area contributed by atoms with Gasteiger partial charge in [0, 0.05) is 6.04 Å². The average Bonchev–Trinajstić information content (AvgIpc) is 2.05. The van der Waals surface area contributed by atoms with Gasteiger partial charge >= 0.3 is 0 Å². The van der Waals surface area contributed by atoms with Crippen LogP contribution in [0.3, 0.4) is 0 Å². The van der Waals surface area contributed by atoms with Gasteiger partial charge in [-0.2, -0.15) is 0 Å². The van der Waals surface area contributed by atoms with Crippen LogP contribution >= 0.6 is 0 Å². The smallest absolute Gasteiger partial charge is 0.0276 e. The highest BCUT2D eigenvalue weighted by Crippen LogP contribution is 2.28. The van der Waals surface area contributed by atoms with Gasteiger partial charge in [0.2, 0.25) is 0 Å². The fourth-order valence-corrected chi connectivity index (χ4v) is 1.95. The van der Waals surface area contributed by atoms with Crippen LogP contribution in [0, 0.1) is 11.8 Å². The molecule has 12 heavy (non-hydrogen) atoms. The van der Waals surface area contributed by atoms with E-state index in [4.69, 9.17) is 0 Å². The minimum atomic E-state index is 0.631. The minimum Gasteiger partial charge on any atom is -0.313 e. The van der Waals surface area contributed by atoms with Crippen molar-refractivity contribution in [3.8, 4) is 0 Å². The summed E-state index contributed by atoms with van der Waals surface area (Å²) in [5.41, 5.74) is 1.52. The van der Waals surface area contributed by atoms with E-state index in [2.05, 4.69) is 39.2 Å². The summed E-state index contributed by atoms with van der Waals surface area (Å²) >= 11 is 0. The molecule has 0 spiro atoms. The number of hydrogen-bond donors (Lipinski definition) is 1. The second-order valence-electron chi connectivity index (χ2n) is 4.26. The van der Waals surface area contributed by atoms with Crippen LogP contribution in [0.25, 0.3) is 0 Å². The van der Waals surface area contributed by atoms with Crippen LogP contribution in [-0.2, 0) is 0 Å². The lowest BCUT2D eigenvalue weighted by Gasteiger charge is -2.30. The summed E-state index contributed by atoms with van der Waals surface area (Å²) in [6.45, 7) is 6.88. The van der Waals surface area contributed by atoms with Crippen LogP contribution in [0.5, 0.6) is 0 Å². The zero-order valence-corrected chi connectivity index (χ0v) is 8.72. The lowest BCUT2D eigenvalue weighted by molar-refractivity contribution is 0.317. The maximum absolute atomic E-state index is 3.37. The molecule has 0 radical (unpaired) electrons. The first-order valence-corrected chi connectivity index (χ1v) is 4.99. The largest absolute Gasteiger partial charge is 0.313 e. The highest BCUT2D eigenvalue weighted by atomic mass is 14.9. The molecule has 0 aromatic carbocycles. The molecule has 1 aliphatic carbocycles. The van der Waals surface area contributed by atoms with Gasteiger partial charge in [0.05, 0.1) is 0 Å². The van der Waals surface area contributed by atoms with E-state index < -0.39 is 0 Å². The van der Waals surface area contributed by atoms with Crippen LogP contribution in [0.15, 0.2) is 11.6 Å². The van der Waals surface area contributed by atoms with Crippen molar-refractivity contribution in [1.29, 1.82) is 0 Å². The molecule has 70 valence electrons. The van der Waals surface area contributed by atoms with Crippen molar-refractivity contribution < 1.29 is 0 Å². The Balaban J connectivity index is 2.58. The Morgan fingerprint density at radius 2 is 2.17 bits per heavy atom. The average molecular weight is 167 g/mol. The molecule has 1 nitrogen and oxygen atoms in total. The summed E-state index contributed by atoms with van der Waals surface area (Å²) < 4.78 is 0. The predicted octanol–water partition coefficient (Wildman–Crippen LogP) is 2.59. The van der Waals surface area contributed by atoms with E-state index in [-0.39, 0.29) is 0 Å². The molecule has 0 aromatic rings. The summed E-state index contributed by atoms with van der Waals surface area (Å²) in [5, 5.41) is 3.37. The Labute approximate surface area is 76.2 Å². The normalized spacial score (nSPS) is 30.6. The maximum atomic E-state index is 3.37. The lowest BCUT2D eigenvalue weighted by Crippen LogP contribution is -2.33. The summed E-state index contributed by atoms with van der Waals surface area (Å²) in [6.07, 6.45) is 4.99. The standard InChI is InChI=1S/C11H21N/c1-8(2)10-6-5-9(3)11(7-10)12-4/h5,8,10-12H,6-7H2,1-4H3/t10-,11-/m1/s1. The number of nitrogens with one attached hydrogen (secondary N) is 1. The van der Waals surface area contributed by atoms with E-state index in [0.717, 1.165) is 11.8 Å². The van der Waals surface area contributed by atoms with Gasteiger partial charge in [0.15, 0.2) is 0 Å². The molecule has 0 saturated carbocycles. The van der Waals surface area contributed by atoms with E-state index in [9.17, 15) is 0 Å². The van der Waals surface area contributed by atoms with Crippen molar-refractivity contribution in [2.75, 3.05) is 7.05 Å². The zero-order valence-electron chi connectivity index (χ0n) is 8.72. The van der Waals surface area contributed by atoms with Gasteiger partial charge in [-0.25, -0.2) is 0 Å².